The standard InChI is InChI=1S/C30H22N4O2/c35-30(26-11-4-8-21-16-17-31-29(21)26)32-22-9-5-10-23(18-22)36-24-13-14-25-27(33-34-28(25)19-24)15-12-20-6-2-1-3-7-20/h1-19,31H,(H,32,35)(H,33,34)/b15-12+. The topological polar surface area (TPSA) is 82.8 Å². The van der Waals surface area contributed by atoms with Gasteiger partial charge in [-0.1, -0.05) is 54.6 Å². The molecule has 0 atom stereocenters. The van der Waals surface area contributed by atoms with E-state index in [0.29, 0.717) is 22.7 Å². The predicted octanol–water partition coefficient (Wildman–Crippen LogP) is 7.26. The van der Waals surface area contributed by atoms with Crippen LogP contribution in [-0.2, 0) is 0 Å². The minimum atomic E-state index is -0.185. The van der Waals surface area contributed by atoms with Crippen molar-refractivity contribution in [1.82, 2.24) is 15.2 Å². The number of nitrogens with one attached hydrogen (secondary N) is 3. The fraction of sp³-hybridized carbons (Fsp3) is 0. The summed E-state index contributed by atoms with van der Waals surface area (Å²) in [6, 6.07) is 30.9. The lowest BCUT2D eigenvalue weighted by molar-refractivity contribution is 0.102. The molecule has 1 amide bonds. The second kappa shape index (κ2) is 9.27. The van der Waals surface area contributed by atoms with Crippen LogP contribution in [0.1, 0.15) is 21.6 Å². The van der Waals surface area contributed by atoms with Gasteiger partial charge in [-0.3, -0.25) is 9.89 Å². The molecule has 4 aromatic carbocycles. The molecule has 6 aromatic rings. The van der Waals surface area contributed by atoms with E-state index in [0.717, 1.165) is 33.1 Å². The van der Waals surface area contributed by atoms with Crippen molar-refractivity contribution in [2.75, 3.05) is 5.32 Å². The van der Waals surface area contributed by atoms with Crippen molar-refractivity contribution < 1.29 is 9.53 Å². The monoisotopic (exact) mass is 470 g/mol. The molecular weight excluding hydrogens is 448 g/mol. The van der Waals surface area contributed by atoms with E-state index in [4.69, 9.17) is 4.74 Å². The van der Waals surface area contributed by atoms with E-state index in [1.165, 1.54) is 0 Å². The van der Waals surface area contributed by atoms with Crippen LogP contribution >= 0.6 is 0 Å². The Morgan fingerprint density at radius 3 is 2.61 bits per heavy atom. The number of benzene rings is 4. The SMILES string of the molecule is O=C(Nc1cccc(Oc2ccc3c(/C=C/c4ccccc4)n[nH]c3c2)c1)c1cccc2cc[nH]c12. The molecular formula is C30H22N4O2. The molecule has 0 radical (unpaired) electrons. The highest BCUT2D eigenvalue weighted by atomic mass is 16.5. The molecule has 0 aliphatic heterocycles. The fourth-order valence-electron chi connectivity index (χ4n) is 4.20. The zero-order chi connectivity index (χ0) is 24.3. The molecule has 0 unspecified atom stereocenters. The van der Waals surface area contributed by atoms with Gasteiger partial charge in [0.2, 0.25) is 0 Å². The second-order valence-corrected chi connectivity index (χ2v) is 8.39. The van der Waals surface area contributed by atoms with Crippen molar-refractivity contribution in [3.05, 3.63) is 120 Å². The number of rotatable bonds is 6. The molecule has 6 heteroatoms. The first-order chi connectivity index (χ1) is 17.7. The van der Waals surface area contributed by atoms with Gasteiger partial charge in [0.05, 0.1) is 22.3 Å². The molecule has 0 aliphatic carbocycles. The van der Waals surface area contributed by atoms with E-state index < -0.39 is 0 Å². The number of hydrogen-bond acceptors (Lipinski definition) is 3. The Hall–Kier alpha value is -5.10. The van der Waals surface area contributed by atoms with Crippen LogP contribution in [0.15, 0.2) is 103 Å². The third-order valence-corrected chi connectivity index (χ3v) is 5.96. The summed E-state index contributed by atoms with van der Waals surface area (Å²) in [5.41, 5.74) is 4.91. The van der Waals surface area contributed by atoms with Gasteiger partial charge < -0.3 is 15.0 Å². The van der Waals surface area contributed by atoms with Crippen molar-refractivity contribution >= 4 is 45.6 Å². The van der Waals surface area contributed by atoms with Gasteiger partial charge in [0, 0.05) is 34.8 Å². The third-order valence-electron chi connectivity index (χ3n) is 5.96. The molecule has 0 spiro atoms. The molecule has 174 valence electrons. The van der Waals surface area contributed by atoms with Gasteiger partial charge in [-0.2, -0.15) is 5.10 Å². The number of ether oxygens (including phenoxy) is 1. The van der Waals surface area contributed by atoms with Crippen molar-refractivity contribution in [2.24, 2.45) is 0 Å². The number of carbonyl (C=O) groups is 1. The first kappa shape index (κ1) is 21.4. The summed E-state index contributed by atoms with van der Waals surface area (Å²) >= 11 is 0. The summed E-state index contributed by atoms with van der Waals surface area (Å²) < 4.78 is 6.09. The van der Waals surface area contributed by atoms with E-state index in [-0.39, 0.29) is 5.91 Å². The number of para-hydroxylation sites is 1. The maximum atomic E-state index is 12.9. The average molecular weight is 471 g/mol. The molecule has 0 fully saturated rings. The van der Waals surface area contributed by atoms with Crippen LogP contribution in [0.25, 0.3) is 34.0 Å². The zero-order valence-electron chi connectivity index (χ0n) is 19.2. The summed E-state index contributed by atoms with van der Waals surface area (Å²) in [4.78, 5) is 16.0. The van der Waals surface area contributed by atoms with Gasteiger partial charge in [0.1, 0.15) is 11.5 Å². The van der Waals surface area contributed by atoms with Gasteiger partial charge in [-0.15, -0.1) is 0 Å². The number of fused-ring (bicyclic) bond motifs is 2. The van der Waals surface area contributed by atoms with E-state index in [1.54, 1.807) is 12.1 Å². The van der Waals surface area contributed by atoms with Gasteiger partial charge in [-0.25, -0.2) is 0 Å². The Morgan fingerprint density at radius 2 is 1.69 bits per heavy atom. The van der Waals surface area contributed by atoms with Crippen LogP contribution in [0.3, 0.4) is 0 Å². The molecule has 6 rings (SSSR count). The van der Waals surface area contributed by atoms with Gasteiger partial charge >= 0.3 is 0 Å². The van der Waals surface area contributed by atoms with Crippen LogP contribution in [0.2, 0.25) is 0 Å². The normalized spacial score (nSPS) is 11.3. The molecule has 2 heterocycles. The number of hydrogen-bond donors (Lipinski definition) is 3. The number of amides is 1. The van der Waals surface area contributed by atoms with Gasteiger partial charge in [-0.05, 0) is 48.0 Å². The van der Waals surface area contributed by atoms with Crippen LogP contribution in [-0.4, -0.2) is 21.1 Å². The van der Waals surface area contributed by atoms with Crippen LogP contribution < -0.4 is 10.1 Å². The molecule has 0 aliphatic rings. The molecule has 0 bridgehead atoms. The van der Waals surface area contributed by atoms with E-state index >= 15 is 0 Å². The smallest absolute Gasteiger partial charge is 0.257 e. The summed E-state index contributed by atoms with van der Waals surface area (Å²) in [6.45, 7) is 0. The Morgan fingerprint density at radius 1 is 0.833 bits per heavy atom. The number of aromatic amines is 2. The Bertz CT molecular complexity index is 1710. The minimum absolute atomic E-state index is 0.185. The highest BCUT2D eigenvalue weighted by Crippen LogP contribution is 2.29. The lowest BCUT2D eigenvalue weighted by atomic mass is 10.1. The zero-order valence-corrected chi connectivity index (χ0v) is 19.2. The van der Waals surface area contributed by atoms with Crippen molar-refractivity contribution in [3.8, 4) is 11.5 Å². The number of nitrogens with zero attached hydrogens (tertiary/aromatic N) is 1. The molecule has 3 N–H and O–H groups in total. The Kier molecular flexibility index (Phi) is 5.52. The maximum absolute atomic E-state index is 12.9. The highest BCUT2D eigenvalue weighted by Gasteiger charge is 2.12. The predicted molar refractivity (Wildman–Crippen MR) is 144 cm³/mol. The molecule has 36 heavy (non-hydrogen) atoms. The van der Waals surface area contributed by atoms with Crippen LogP contribution in [0.4, 0.5) is 5.69 Å². The van der Waals surface area contributed by atoms with E-state index in [9.17, 15) is 4.79 Å². The van der Waals surface area contributed by atoms with Crippen molar-refractivity contribution in [2.45, 2.75) is 0 Å². The molecule has 6 nitrogen and oxygen atoms in total. The Labute approximate surface area is 207 Å². The average Bonchev–Trinajstić information content (AvgIpc) is 3.55. The summed E-state index contributed by atoms with van der Waals surface area (Å²) in [6.07, 6.45) is 5.86. The maximum Gasteiger partial charge on any atom is 0.257 e. The van der Waals surface area contributed by atoms with Gasteiger partial charge in [0.15, 0.2) is 0 Å². The van der Waals surface area contributed by atoms with E-state index in [1.807, 2.05) is 103 Å². The second-order valence-electron chi connectivity index (χ2n) is 8.39. The van der Waals surface area contributed by atoms with Crippen molar-refractivity contribution in [3.63, 3.8) is 0 Å². The third kappa shape index (κ3) is 4.35. The lowest BCUT2D eigenvalue weighted by Gasteiger charge is -2.10. The van der Waals surface area contributed by atoms with Gasteiger partial charge in [0.25, 0.3) is 5.91 Å². The minimum Gasteiger partial charge on any atom is -0.457 e. The first-order valence-electron chi connectivity index (χ1n) is 11.6. The number of H-pyrrole nitrogens is 2. The molecule has 0 saturated carbocycles. The quantitative estimate of drug-likeness (QED) is 0.240. The summed E-state index contributed by atoms with van der Waals surface area (Å²) in [5, 5.41) is 12.5. The highest BCUT2D eigenvalue weighted by molar-refractivity contribution is 6.12. The largest absolute Gasteiger partial charge is 0.457 e. The summed E-state index contributed by atoms with van der Waals surface area (Å²) in [7, 11) is 0. The number of aromatic nitrogens is 3. The number of anilines is 1. The number of carbonyl (C=O) groups excluding carboxylic acids is 1. The molecule has 0 saturated heterocycles. The lowest BCUT2D eigenvalue weighted by Crippen LogP contribution is -2.12. The van der Waals surface area contributed by atoms with Crippen LogP contribution in [0, 0.1) is 0 Å². The fourth-order valence-corrected chi connectivity index (χ4v) is 4.20. The Balaban J connectivity index is 1.18. The molecule has 2 aromatic heterocycles. The van der Waals surface area contributed by atoms with Crippen molar-refractivity contribution in [1.29, 1.82) is 0 Å². The van der Waals surface area contributed by atoms with Crippen LogP contribution in [0.5, 0.6) is 11.5 Å². The van der Waals surface area contributed by atoms with E-state index in [2.05, 4.69) is 20.5 Å². The first-order valence-corrected chi connectivity index (χ1v) is 11.6. The summed E-state index contributed by atoms with van der Waals surface area (Å²) in [5.74, 6) is 1.11.